The van der Waals surface area contributed by atoms with Crippen molar-refractivity contribution in [3.8, 4) is 0 Å². The SMILES string of the molecule is COC(=O)c1cc(NS(=O)(=O)c2cccs2)c(F)cc1F. The Morgan fingerprint density at radius 3 is 2.57 bits per heavy atom. The maximum Gasteiger partial charge on any atom is 0.340 e. The van der Waals surface area contributed by atoms with E-state index in [4.69, 9.17) is 0 Å². The second kappa shape index (κ2) is 5.78. The number of thiophene rings is 1. The highest BCUT2D eigenvalue weighted by molar-refractivity contribution is 7.94. The van der Waals surface area contributed by atoms with Crippen molar-refractivity contribution in [2.45, 2.75) is 4.21 Å². The van der Waals surface area contributed by atoms with Gasteiger partial charge in [-0.25, -0.2) is 22.0 Å². The monoisotopic (exact) mass is 333 g/mol. The summed E-state index contributed by atoms with van der Waals surface area (Å²) in [7, 11) is -2.97. The Labute approximate surface area is 123 Å². The average Bonchev–Trinajstić information content (AvgIpc) is 2.95. The number of halogens is 2. The Morgan fingerprint density at radius 2 is 2.00 bits per heavy atom. The van der Waals surface area contributed by atoms with Crippen LogP contribution in [0.25, 0.3) is 0 Å². The number of sulfonamides is 1. The largest absolute Gasteiger partial charge is 0.465 e. The first-order valence-corrected chi connectivity index (χ1v) is 7.85. The van der Waals surface area contributed by atoms with E-state index < -0.39 is 38.9 Å². The lowest BCUT2D eigenvalue weighted by molar-refractivity contribution is 0.0595. The van der Waals surface area contributed by atoms with Crippen LogP contribution in [0, 0.1) is 11.6 Å². The maximum absolute atomic E-state index is 13.7. The van der Waals surface area contributed by atoms with Crippen LogP contribution in [0.2, 0.25) is 0 Å². The van der Waals surface area contributed by atoms with Crippen LogP contribution in [0.4, 0.5) is 14.5 Å². The van der Waals surface area contributed by atoms with E-state index in [0.29, 0.717) is 6.07 Å². The van der Waals surface area contributed by atoms with E-state index in [-0.39, 0.29) is 4.21 Å². The van der Waals surface area contributed by atoms with Gasteiger partial charge in [-0.3, -0.25) is 4.72 Å². The van der Waals surface area contributed by atoms with Crippen LogP contribution in [-0.4, -0.2) is 21.5 Å². The summed E-state index contributed by atoms with van der Waals surface area (Å²) < 4.78 is 57.3. The molecule has 0 aliphatic rings. The molecule has 21 heavy (non-hydrogen) atoms. The zero-order valence-electron chi connectivity index (χ0n) is 10.6. The Morgan fingerprint density at radius 1 is 1.29 bits per heavy atom. The molecule has 0 atom stereocenters. The molecule has 0 saturated carbocycles. The van der Waals surface area contributed by atoms with Crippen LogP contribution < -0.4 is 4.72 Å². The zero-order chi connectivity index (χ0) is 15.6. The van der Waals surface area contributed by atoms with E-state index >= 15 is 0 Å². The van der Waals surface area contributed by atoms with Gasteiger partial charge in [-0.2, -0.15) is 0 Å². The van der Waals surface area contributed by atoms with Crippen molar-refractivity contribution in [3.63, 3.8) is 0 Å². The summed E-state index contributed by atoms with van der Waals surface area (Å²) in [5, 5.41) is 1.54. The third-order valence-electron chi connectivity index (χ3n) is 2.47. The molecule has 0 radical (unpaired) electrons. The summed E-state index contributed by atoms with van der Waals surface area (Å²) in [5.41, 5.74) is -1.10. The minimum atomic E-state index is -4.00. The number of ether oxygens (including phenoxy) is 1. The first-order valence-electron chi connectivity index (χ1n) is 5.49. The molecule has 2 rings (SSSR count). The van der Waals surface area contributed by atoms with E-state index in [2.05, 4.69) is 4.74 Å². The van der Waals surface area contributed by atoms with Crippen molar-refractivity contribution < 1.29 is 26.7 Å². The first-order chi connectivity index (χ1) is 9.85. The third kappa shape index (κ3) is 3.19. The average molecular weight is 333 g/mol. The Bertz CT molecular complexity index is 773. The summed E-state index contributed by atoms with van der Waals surface area (Å²) in [5.74, 6) is -3.32. The number of nitrogens with one attached hydrogen (secondary N) is 1. The molecular formula is C12H9F2NO4S2. The van der Waals surface area contributed by atoms with Crippen molar-refractivity contribution in [1.82, 2.24) is 0 Å². The third-order valence-corrected chi connectivity index (χ3v) is 5.23. The molecule has 0 fully saturated rings. The van der Waals surface area contributed by atoms with Gasteiger partial charge >= 0.3 is 5.97 Å². The van der Waals surface area contributed by atoms with E-state index in [1.54, 1.807) is 0 Å². The highest BCUT2D eigenvalue weighted by Crippen LogP contribution is 2.25. The van der Waals surface area contributed by atoms with Crippen LogP contribution >= 0.6 is 11.3 Å². The number of esters is 1. The molecule has 0 spiro atoms. The molecule has 0 bridgehead atoms. The molecule has 1 heterocycles. The van der Waals surface area contributed by atoms with Crippen LogP contribution in [0.15, 0.2) is 33.9 Å². The van der Waals surface area contributed by atoms with Crippen molar-refractivity contribution >= 4 is 33.0 Å². The fraction of sp³-hybridized carbons (Fsp3) is 0.0833. The topological polar surface area (TPSA) is 72.5 Å². The minimum Gasteiger partial charge on any atom is -0.465 e. The normalized spacial score (nSPS) is 11.2. The highest BCUT2D eigenvalue weighted by Gasteiger charge is 2.21. The van der Waals surface area contributed by atoms with Crippen LogP contribution in [-0.2, 0) is 14.8 Å². The van der Waals surface area contributed by atoms with E-state index in [9.17, 15) is 22.0 Å². The van der Waals surface area contributed by atoms with Gasteiger partial charge in [-0.05, 0) is 17.5 Å². The van der Waals surface area contributed by atoms with Gasteiger partial charge in [0, 0.05) is 6.07 Å². The summed E-state index contributed by atoms with van der Waals surface area (Å²) in [6, 6.07) is 4.01. The molecule has 2 aromatic rings. The Hall–Kier alpha value is -2.00. The van der Waals surface area contributed by atoms with Gasteiger partial charge in [-0.15, -0.1) is 11.3 Å². The smallest absolute Gasteiger partial charge is 0.340 e. The lowest BCUT2D eigenvalue weighted by Crippen LogP contribution is -2.14. The number of benzene rings is 1. The maximum atomic E-state index is 13.7. The highest BCUT2D eigenvalue weighted by atomic mass is 32.2. The second-order valence-corrected chi connectivity index (χ2v) is 6.70. The number of anilines is 1. The van der Waals surface area contributed by atoms with E-state index in [0.717, 1.165) is 24.5 Å². The molecule has 1 N–H and O–H groups in total. The molecule has 0 aliphatic carbocycles. The van der Waals surface area contributed by atoms with Crippen molar-refractivity contribution in [1.29, 1.82) is 0 Å². The molecule has 0 amide bonds. The predicted octanol–water partition coefficient (Wildman–Crippen LogP) is 2.61. The fourth-order valence-electron chi connectivity index (χ4n) is 1.51. The van der Waals surface area contributed by atoms with Gasteiger partial charge in [0.1, 0.15) is 15.8 Å². The zero-order valence-corrected chi connectivity index (χ0v) is 12.2. The molecule has 1 aromatic heterocycles. The number of rotatable bonds is 4. The quantitative estimate of drug-likeness (QED) is 0.873. The molecular weight excluding hydrogens is 324 g/mol. The lowest BCUT2D eigenvalue weighted by atomic mass is 10.2. The molecule has 0 unspecified atom stereocenters. The minimum absolute atomic E-state index is 0.0363. The lowest BCUT2D eigenvalue weighted by Gasteiger charge is -2.09. The standard InChI is InChI=1S/C12H9F2NO4S2/c1-19-12(16)7-5-10(9(14)6-8(7)13)15-21(17,18)11-3-2-4-20-11/h2-6,15H,1H3. The van der Waals surface area contributed by atoms with Gasteiger partial charge < -0.3 is 4.74 Å². The number of methoxy groups -OCH3 is 1. The molecule has 5 nitrogen and oxygen atoms in total. The number of carbonyl (C=O) groups is 1. The summed E-state index contributed by atoms with van der Waals surface area (Å²) in [6.45, 7) is 0. The molecule has 9 heteroatoms. The predicted molar refractivity (Wildman–Crippen MR) is 72.8 cm³/mol. The second-order valence-electron chi connectivity index (χ2n) is 3.84. The van der Waals surface area contributed by atoms with Gasteiger partial charge in [0.25, 0.3) is 10.0 Å². The van der Waals surface area contributed by atoms with E-state index in [1.807, 2.05) is 4.72 Å². The van der Waals surface area contributed by atoms with Gasteiger partial charge in [-0.1, -0.05) is 6.07 Å². The molecule has 112 valence electrons. The van der Waals surface area contributed by atoms with Crippen molar-refractivity contribution in [2.75, 3.05) is 11.8 Å². The van der Waals surface area contributed by atoms with Crippen LogP contribution in [0.1, 0.15) is 10.4 Å². The van der Waals surface area contributed by atoms with Gasteiger partial charge in [0.05, 0.1) is 18.4 Å². The van der Waals surface area contributed by atoms with Crippen LogP contribution in [0.5, 0.6) is 0 Å². The Kier molecular flexibility index (Phi) is 4.24. The molecule has 0 aliphatic heterocycles. The van der Waals surface area contributed by atoms with E-state index in [1.165, 1.54) is 17.5 Å². The van der Waals surface area contributed by atoms with Gasteiger partial charge in [0.2, 0.25) is 0 Å². The summed E-state index contributed by atoms with van der Waals surface area (Å²) in [6.07, 6.45) is 0. The molecule has 0 saturated heterocycles. The number of hydrogen-bond acceptors (Lipinski definition) is 5. The first kappa shape index (κ1) is 15.4. The van der Waals surface area contributed by atoms with Crippen LogP contribution in [0.3, 0.4) is 0 Å². The fourth-order valence-corrected chi connectivity index (χ4v) is 3.56. The van der Waals surface area contributed by atoms with Gasteiger partial charge in [0.15, 0.2) is 0 Å². The number of hydrogen-bond donors (Lipinski definition) is 1. The van der Waals surface area contributed by atoms with Crippen molar-refractivity contribution in [2.24, 2.45) is 0 Å². The summed E-state index contributed by atoms with van der Waals surface area (Å²) in [4.78, 5) is 11.3. The molecule has 1 aromatic carbocycles. The summed E-state index contributed by atoms with van der Waals surface area (Å²) >= 11 is 0.935. The van der Waals surface area contributed by atoms with Crippen molar-refractivity contribution in [3.05, 3.63) is 46.8 Å². The number of carbonyl (C=O) groups excluding carboxylic acids is 1. The Balaban J connectivity index is 2.43.